The van der Waals surface area contributed by atoms with Crippen LogP contribution in [0, 0.1) is 5.92 Å². The Kier molecular flexibility index (Phi) is 6.56. The molecule has 0 aliphatic carbocycles. The van der Waals surface area contributed by atoms with Gasteiger partial charge in [0, 0.05) is 39.8 Å². The molecule has 1 fully saturated rings. The molecule has 122 valence electrons. The Morgan fingerprint density at radius 1 is 1.29 bits per heavy atom. The average Bonchev–Trinajstić information content (AvgIpc) is 2.66. The number of nitrogens with one attached hydrogen (secondary N) is 1. The number of carbonyl (C=O) groups is 2. The van der Waals surface area contributed by atoms with Crippen molar-refractivity contribution in [2.24, 2.45) is 5.92 Å². The molecule has 0 spiro atoms. The average molecular weight is 321 g/mol. The molecule has 1 atom stereocenters. The molecule has 1 aliphatic rings. The van der Waals surface area contributed by atoms with E-state index in [9.17, 15) is 18.0 Å². The van der Waals surface area contributed by atoms with E-state index in [1.165, 1.54) is 16.3 Å². The van der Waals surface area contributed by atoms with Crippen LogP contribution in [-0.2, 0) is 24.3 Å². The van der Waals surface area contributed by atoms with Crippen LogP contribution in [0.15, 0.2) is 0 Å². The molecule has 0 unspecified atom stereocenters. The summed E-state index contributed by atoms with van der Waals surface area (Å²) in [5.41, 5.74) is 0. The summed E-state index contributed by atoms with van der Waals surface area (Å²) in [4.78, 5) is 25.4. The van der Waals surface area contributed by atoms with Crippen molar-refractivity contribution in [2.75, 3.05) is 52.7 Å². The number of ether oxygens (including phenoxy) is 1. The first-order chi connectivity index (χ1) is 9.79. The Bertz CT molecular complexity index is 479. The molecule has 2 amide bonds. The number of carbonyl (C=O) groups excluding carboxylic acids is 2. The first-order valence-corrected chi connectivity index (χ1v) is 8.66. The fourth-order valence-electron chi connectivity index (χ4n) is 2.16. The summed E-state index contributed by atoms with van der Waals surface area (Å²) in [6.45, 7) is 2.86. The lowest BCUT2D eigenvalue weighted by atomic mass is 10.1. The zero-order valence-corrected chi connectivity index (χ0v) is 13.5. The van der Waals surface area contributed by atoms with E-state index in [0.717, 1.165) is 6.26 Å². The number of hydrogen-bond donors (Lipinski definition) is 1. The summed E-state index contributed by atoms with van der Waals surface area (Å²) in [6, 6.07) is 0. The van der Waals surface area contributed by atoms with E-state index >= 15 is 0 Å². The normalized spacial score (nSPS) is 20.9. The fourth-order valence-corrected chi connectivity index (χ4v) is 3.03. The summed E-state index contributed by atoms with van der Waals surface area (Å²) in [5.74, 6) is -1.10. The van der Waals surface area contributed by atoms with Gasteiger partial charge in [0.25, 0.3) is 0 Å². The SMILES string of the molecule is CCOCC(=O)N1CCN(S(C)(=O)=O)C[C@@H](C(=O)NC)C1. The summed E-state index contributed by atoms with van der Waals surface area (Å²) in [7, 11) is -1.92. The molecule has 1 aliphatic heterocycles. The van der Waals surface area contributed by atoms with Crippen molar-refractivity contribution in [3.63, 3.8) is 0 Å². The van der Waals surface area contributed by atoms with E-state index in [2.05, 4.69) is 5.32 Å². The standard InChI is InChI=1S/C12H23N3O5S/c1-4-20-9-11(16)14-5-6-15(21(3,18)19)8-10(7-14)12(17)13-2/h10H,4-9H2,1-3H3,(H,13,17)/t10-/m0/s1. The minimum atomic E-state index is -3.41. The number of hydrogen-bond acceptors (Lipinski definition) is 5. The summed E-state index contributed by atoms with van der Waals surface area (Å²) in [5, 5.41) is 2.51. The van der Waals surface area contributed by atoms with E-state index in [4.69, 9.17) is 4.74 Å². The second kappa shape index (κ2) is 7.71. The zero-order chi connectivity index (χ0) is 16.0. The second-order valence-electron chi connectivity index (χ2n) is 4.91. The highest BCUT2D eigenvalue weighted by Crippen LogP contribution is 2.13. The zero-order valence-electron chi connectivity index (χ0n) is 12.7. The highest BCUT2D eigenvalue weighted by Gasteiger charge is 2.32. The van der Waals surface area contributed by atoms with Crippen molar-refractivity contribution in [2.45, 2.75) is 6.92 Å². The van der Waals surface area contributed by atoms with Crippen LogP contribution in [0.4, 0.5) is 0 Å². The van der Waals surface area contributed by atoms with Gasteiger partial charge in [-0.15, -0.1) is 0 Å². The van der Waals surface area contributed by atoms with E-state index in [1.54, 1.807) is 6.92 Å². The van der Waals surface area contributed by atoms with Crippen molar-refractivity contribution in [1.82, 2.24) is 14.5 Å². The van der Waals surface area contributed by atoms with E-state index in [0.29, 0.717) is 6.61 Å². The Morgan fingerprint density at radius 2 is 1.95 bits per heavy atom. The van der Waals surface area contributed by atoms with E-state index < -0.39 is 15.9 Å². The quantitative estimate of drug-likeness (QED) is 0.664. The van der Waals surface area contributed by atoms with Gasteiger partial charge in [-0.1, -0.05) is 0 Å². The number of nitrogens with zero attached hydrogens (tertiary/aromatic N) is 2. The summed E-state index contributed by atoms with van der Waals surface area (Å²) < 4.78 is 29.7. The minimum Gasteiger partial charge on any atom is -0.372 e. The molecule has 21 heavy (non-hydrogen) atoms. The summed E-state index contributed by atoms with van der Waals surface area (Å²) in [6.07, 6.45) is 1.10. The molecule has 9 heteroatoms. The van der Waals surface area contributed by atoms with Crippen LogP contribution in [0.25, 0.3) is 0 Å². The molecule has 0 aromatic heterocycles. The van der Waals surface area contributed by atoms with Gasteiger partial charge in [-0.2, -0.15) is 4.31 Å². The highest BCUT2D eigenvalue weighted by atomic mass is 32.2. The van der Waals surface area contributed by atoms with Gasteiger partial charge in [0.05, 0.1) is 12.2 Å². The molecule has 1 N–H and O–H groups in total. The first kappa shape index (κ1) is 17.9. The largest absolute Gasteiger partial charge is 0.372 e. The highest BCUT2D eigenvalue weighted by molar-refractivity contribution is 7.88. The van der Waals surface area contributed by atoms with Crippen LogP contribution in [0.1, 0.15) is 6.92 Å². The van der Waals surface area contributed by atoms with Crippen LogP contribution >= 0.6 is 0 Å². The summed E-state index contributed by atoms with van der Waals surface area (Å²) >= 11 is 0. The molecular formula is C12H23N3O5S. The van der Waals surface area contributed by atoms with Crippen molar-refractivity contribution in [1.29, 1.82) is 0 Å². The maximum absolute atomic E-state index is 12.0. The van der Waals surface area contributed by atoms with Crippen LogP contribution in [0.2, 0.25) is 0 Å². The topological polar surface area (TPSA) is 96.0 Å². The molecule has 1 heterocycles. The lowest BCUT2D eigenvalue weighted by Crippen LogP contribution is -2.43. The minimum absolute atomic E-state index is 0.0597. The Morgan fingerprint density at radius 3 is 2.48 bits per heavy atom. The molecule has 0 aromatic rings. The van der Waals surface area contributed by atoms with Crippen molar-refractivity contribution in [3.05, 3.63) is 0 Å². The van der Waals surface area contributed by atoms with Crippen molar-refractivity contribution >= 4 is 21.8 Å². The first-order valence-electron chi connectivity index (χ1n) is 6.81. The number of rotatable bonds is 5. The molecular weight excluding hydrogens is 298 g/mol. The van der Waals surface area contributed by atoms with Crippen LogP contribution in [0.5, 0.6) is 0 Å². The van der Waals surface area contributed by atoms with Gasteiger partial charge < -0.3 is 15.0 Å². The van der Waals surface area contributed by atoms with E-state index in [-0.39, 0.29) is 44.6 Å². The third-order valence-electron chi connectivity index (χ3n) is 3.35. The van der Waals surface area contributed by atoms with Crippen molar-refractivity contribution < 1.29 is 22.7 Å². The molecule has 0 radical (unpaired) electrons. The maximum Gasteiger partial charge on any atom is 0.248 e. The van der Waals surface area contributed by atoms with Crippen LogP contribution in [0.3, 0.4) is 0 Å². The van der Waals surface area contributed by atoms with Crippen molar-refractivity contribution in [3.8, 4) is 0 Å². The van der Waals surface area contributed by atoms with Gasteiger partial charge >= 0.3 is 0 Å². The van der Waals surface area contributed by atoms with Gasteiger partial charge in [-0.05, 0) is 6.92 Å². The van der Waals surface area contributed by atoms with E-state index in [1.807, 2.05) is 0 Å². The molecule has 8 nitrogen and oxygen atoms in total. The van der Waals surface area contributed by atoms with Gasteiger partial charge in [0.2, 0.25) is 21.8 Å². The molecule has 0 bridgehead atoms. The van der Waals surface area contributed by atoms with Gasteiger partial charge in [-0.3, -0.25) is 9.59 Å². The Balaban J connectivity index is 2.87. The Labute approximate surface area is 125 Å². The molecule has 1 rings (SSSR count). The van der Waals surface area contributed by atoms with Gasteiger partial charge in [-0.25, -0.2) is 8.42 Å². The monoisotopic (exact) mass is 321 g/mol. The number of amides is 2. The second-order valence-corrected chi connectivity index (χ2v) is 6.89. The predicted octanol–water partition coefficient (Wildman–Crippen LogP) is -1.51. The van der Waals surface area contributed by atoms with Crippen LogP contribution in [-0.4, -0.2) is 82.1 Å². The lowest BCUT2D eigenvalue weighted by molar-refractivity contribution is -0.137. The maximum atomic E-state index is 12.0. The smallest absolute Gasteiger partial charge is 0.248 e. The number of sulfonamides is 1. The Hall–Kier alpha value is -1.19. The third kappa shape index (κ3) is 5.25. The molecule has 0 saturated carbocycles. The van der Waals surface area contributed by atoms with Gasteiger partial charge in [0.1, 0.15) is 6.61 Å². The predicted molar refractivity (Wildman–Crippen MR) is 77.0 cm³/mol. The van der Waals surface area contributed by atoms with Gasteiger partial charge in [0.15, 0.2) is 0 Å². The third-order valence-corrected chi connectivity index (χ3v) is 4.62. The molecule has 0 aromatic carbocycles. The van der Waals surface area contributed by atoms with Crippen LogP contribution < -0.4 is 5.32 Å². The molecule has 1 saturated heterocycles. The lowest BCUT2D eigenvalue weighted by Gasteiger charge is -2.23. The fraction of sp³-hybridized carbons (Fsp3) is 0.833.